The molecule has 0 aromatic heterocycles. The Hall–Kier alpha value is -0.830. The Morgan fingerprint density at radius 3 is 2.75 bits per heavy atom. The minimum Gasteiger partial charge on any atom is -0.507 e. The summed E-state index contributed by atoms with van der Waals surface area (Å²) in [6.07, 6.45) is 0.661. The van der Waals surface area contributed by atoms with Gasteiger partial charge in [-0.05, 0) is 18.6 Å². The first kappa shape index (κ1) is 9.26. The van der Waals surface area contributed by atoms with Gasteiger partial charge in [-0.15, -0.1) is 0 Å². The zero-order valence-corrected chi connectivity index (χ0v) is 8.26. The minimum atomic E-state index is 0.0764. The lowest BCUT2D eigenvalue weighted by atomic mass is 10.1. The summed E-state index contributed by atoms with van der Waals surface area (Å²) in [6, 6.07) is 3.51. The average Bonchev–Trinajstić information content (AvgIpc) is 2.08. The first-order chi connectivity index (χ1) is 5.69. The van der Waals surface area contributed by atoms with Crippen LogP contribution in [0.4, 0.5) is 0 Å². The van der Waals surface area contributed by atoms with Gasteiger partial charge in [-0.1, -0.05) is 22.0 Å². The van der Waals surface area contributed by atoms with Crippen molar-refractivity contribution in [3.8, 4) is 5.75 Å². The van der Waals surface area contributed by atoms with Crippen LogP contribution in [-0.4, -0.2) is 11.4 Å². The maximum atomic E-state index is 10.5. The fourth-order valence-electron chi connectivity index (χ4n) is 1.08. The maximum absolute atomic E-state index is 10.5. The van der Waals surface area contributed by atoms with Crippen molar-refractivity contribution >= 4 is 22.2 Å². The van der Waals surface area contributed by atoms with E-state index in [-0.39, 0.29) is 5.75 Å². The number of hydrogen-bond donors (Lipinski definition) is 1. The smallest absolute Gasteiger partial charge is 0.153 e. The second kappa shape index (κ2) is 3.72. The van der Waals surface area contributed by atoms with Gasteiger partial charge in [0.1, 0.15) is 5.75 Å². The Morgan fingerprint density at radius 2 is 2.25 bits per heavy atom. The number of aryl methyl sites for hydroxylation is 1. The van der Waals surface area contributed by atoms with Crippen molar-refractivity contribution in [2.45, 2.75) is 12.3 Å². The van der Waals surface area contributed by atoms with Crippen LogP contribution in [0, 0.1) is 6.92 Å². The molecule has 2 nitrogen and oxygen atoms in total. The number of carbonyl (C=O) groups is 1. The van der Waals surface area contributed by atoms with Gasteiger partial charge < -0.3 is 5.11 Å². The number of rotatable bonds is 2. The van der Waals surface area contributed by atoms with Gasteiger partial charge in [-0.2, -0.15) is 0 Å². The summed E-state index contributed by atoms with van der Waals surface area (Å²) in [5, 5.41) is 10.0. The predicted octanol–water partition coefficient (Wildman–Crippen LogP) is 2.41. The highest BCUT2D eigenvalue weighted by atomic mass is 79.9. The second-order valence-corrected chi connectivity index (χ2v) is 3.17. The van der Waals surface area contributed by atoms with E-state index in [1.165, 1.54) is 0 Å². The zero-order chi connectivity index (χ0) is 9.14. The Labute approximate surface area is 79.3 Å². The Morgan fingerprint density at radius 1 is 1.58 bits per heavy atom. The summed E-state index contributed by atoms with van der Waals surface area (Å²) in [5.74, 6) is 0.0764. The third kappa shape index (κ3) is 1.67. The van der Waals surface area contributed by atoms with E-state index in [0.29, 0.717) is 17.2 Å². The monoisotopic (exact) mass is 228 g/mol. The topological polar surface area (TPSA) is 37.3 Å². The van der Waals surface area contributed by atoms with Crippen LogP contribution < -0.4 is 0 Å². The average molecular weight is 229 g/mol. The normalized spacial score (nSPS) is 9.83. The van der Waals surface area contributed by atoms with Gasteiger partial charge in [-0.25, -0.2) is 0 Å². The van der Waals surface area contributed by atoms with Gasteiger partial charge in [0, 0.05) is 10.9 Å². The number of benzene rings is 1. The third-order valence-corrected chi connectivity index (χ3v) is 2.24. The first-order valence-corrected chi connectivity index (χ1v) is 4.64. The molecule has 1 rings (SSSR count). The van der Waals surface area contributed by atoms with E-state index in [0.717, 1.165) is 11.1 Å². The van der Waals surface area contributed by atoms with Crippen molar-refractivity contribution in [1.29, 1.82) is 0 Å². The van der Waals surface area contributed by atoms with Crippen molar-refractivity contribution in [3.05, 3.63) is 28.8 Å². The number of phenolic OH excluding ortho intramolecular Hbond substituents is 1. The van der Waals surface area contributed by atoms with Gasteiger partial charge >= 0.3 is 0 Å². The minimum absolute atomic E-state index is 0.0764. The van der Waals surface area contributed by atoms with Crippen LogP contribution in [0.3, 0.4) is 0 Å². The number of phenols is 1. The highest BCUT2D eigenvalue weighted by molar-refractivity contribution is 9.08. The number of aromatic hydroxyl groups is 1. The number of aldehydes is 1. The highest BCUT2D eigenvalue weighted by Gasteiger charge is 2.05. The molecule has 1 aromatic rings. The summed E-state index contributed by atoms with van der Waals surface area (Å²) in [5.41, 5.74) is 2.07. The quantitative estimate of drug-likeness (QED) is 0.624. The van der Waals surface area contributed by atoms with E-state index in [4.69, 9.17) is 0 Å². The summed E-state index contributed by atoms with van der Waals surface area (Å²) in [7, 11) is 0. The third-order valence-electron chi connectivity index (χ3n) is 1.63. The Balaban J connectivity index is 3.31. The lowest BCUT2D eigenvalue weighted by Gasteiger charge is -2.04. The summed E-state index contributed by atoms with van der Waals surface area (Å²) in [4.78, 5) is 10.5. The molecule has 0 aliphatic carbocycles. The molecule has 0 radical (unpaired) electrons. The SMILES string of the molecule is Cc1cc(C=O)c(O)c(CBr)c1. The summed E-state index contributed by atoms with van der Waals surface area (Å²) in [6.45, 7) is 1.89. The molecule has 0 atom stereocenters. The van der Waals surface area contributed by atoms with Crippen molar-refractivity contribution in [2.24, 2.45) is 0 Å². The van der Waals surface area contributed by atoms with Crippen LogP contribution in [0.15, 0.2) is 12.1 Å². The van der Waals surface area contributed by atoms with E-state index >= 15 is 0 Å². The van der Waals surface area contributed by atoms with Crippen molar-refractivity contribution in [3.63, 3.8) is 0 Å². The molecule has 0 aliphatic heterocycles. The molecule has 3 heteroatoms. The zero-order valence-electron chi connectivity index (χ0n) is 6.67. The van der Waals surface area contributed by atoms with E-state index in [1.54, 1.807) is 6.07 Å². The van der Waals surface area contributed by atoms with Gasteiger partial charge in [-0.3, -0.25) is 4.79 Å². The van der Waals surface area contributed by atoms with E-state index in [9.17, 15) is 9.90 Å². The molecule has 12 heavy (non-hydrogen) atoms. The fraction of sp³-hybridized carbons (Fsp3) is 0.222. The molecule has 0 amide bonds. The van der Waals surface area contributed by atoms with Crippen LogP contribution >= 0.6 is 15.9 Å². The molecule has 0 bridgehead atoms. The molecular weight excluding hydrogens is 220 g/mol. The number of carbonyl (C=O) groups excluding carboxylic acids is 1. The van der Waals surface area contributed by atoms with Crippen LogP contribution in [-0.2, 0) is 5.33 Å². The molecule has 0 saturated carbocycles. The Bertz CT molecular complexity index is 308. The molecule has 0 spiro atoms. The van der Waals surface area contributed by atoms with Gasteiger partial charge in [0.05, 0.1) is 5.56 Å². The standard InChI is InChI=1S/C9H9BrO2/c1-6-2-7(4-10)9(12)8(3-6)5-11/h2-3,5,12H,4H2,1H3. The fourth-order valence-corrected chi connectivity index (χ4v) is 1.50. The highest BCUT2D eigenvalue weighted by Crippen LogP contribution is 2.24. The van der Waals surface area contributed by atoms with Crippen LogP contribution in [0.1, 0.15) is 21.5 Å². The molecule has 1 N–H and O–H groups in total. The molecule has 0 heterocycles. The predicted molar refractivity (Wildman–Crippen MR) is 50.9 cm³/mol. The number of hydrogen-bond acceptors (Lipinski definition) is 2. The molecule has 64 valence electrons. The van der Waals surface area contributed by atoms with E-state index < -0.39 is 0 Å². The molecule has 0 unspecified atom stereocenters. The van der Waals surface area contributed by atoms with Gasteiger partial charge in [0.15, 0.2) is 6.29 Å². The van der Waals surface area contributed by atoms with Crippen LogP contribution in [0.2, 0.25) is 0 Å². The van der Waals surface area contributed by atoms with Crippen molar-refractivity contribution < 1.29 is 9.90 Å². The largest absolute Gasteiger partial charge is 0.507 e. The molecule has 0 fully saturated rings. The van der Waals surface area contributed by atoms with E-state index in [1.807, 2.05) is 13.0 Å². The molecule has 0 saturated heterocycles. The number of halogens is 1. The maximum Gasteiger partial charge on any atom is 0.153 e. The van der Waals surface area contributed by atoms with Gasteiger partial charge in [0.25, 0.3) is 0 Å². The molecule has 0 aliphatic rings. The van der Waals surface area contributed by atoms with Crippen LogP contribution in [0.25, 0.3) is 0 Å². The van der Waals surface area contributed by atoms with Gasteiger partial charge in [0.2, 0.25) is 0 Å². The molecule has 1 aromatic carbocycles. The lowest BCUT2D eigenvalue weighted by molar-refractivity contribution is 0.112. The summed E-state index contributed by atoms with van der Waals surface area (Å²) >= 11 is 3.23. The lowest BCUT2D eigenvalue weighted by Crippen LogP contribution is -1.88. The number of alkyl halides is 1. The van der Waals surface area contributed by atoms with Crippen molar-refractivity contribution in [1.82, 2.24) is 0 Å². The summed E-state index contributed by atoms with van der Waals surface area (Å²) < 4.78 is 0. The second-order valence-electron chi connectivity index (χ2n) is 2.61. The van der Waals surface area contributed by atoms with Crippen molar-refractivity contribution in [2.75, 3.05) is 0 Å². The Kier molecular flexibility index (Phi) is 2.87. The first-order valence-electron chi connectivity index (χ1n) is 3.52. The van der Waals surface area contributed by atoms with Crippen LogP contribution in [0.5, 0.6) is 5.75 Å². The van der Waals surface area contributed by atoms with E-state index in [2.05, 4.69) is 15.9 Å². The molecular formula is C9H9BrO2.